The van der Waals surface area contributed by atoms with Crippen LogP contribution in [0.5, 0.6) is 0 Å². The maximum atomic E-state index is 14.7. The second-order valence-corrected chi connectivity index (χ2v) is 23.6. The predicted molar refractivity (Wildman–Crippen MR) is 230 cm³/mol. The average Bonchev–Trinajstić information content (AvgIpc) is 3.25. The molecule has 3 aliphatic heterocycles. The van der Waals surface area contributed by atoms with Gasteiger partial charge in [-0.3, -0.25) is 4.79 Å². The van der Waals surface area contributed by atoms with Crippen LogP contribution >= 0.6 is 0 Å². The third kappa shape index (κ3) is 7.78. The summed E-state index contributed by atoms with van der Waals surface area (Å²) >= 11 is 0. The van der Waals surface area contributed by atoms with Gasteiger partial charge in [-0.05, 0) is 110 Å². The molecule has 0 spiro atoms. The highest BCUT2D eigenvalue weighted by molar-refractivity contribution is 5.79. The van der Waals surface area contributed by atoms with Crippen molar-refractivity contribution < 1.29 is 89.4 Å². The van der Waals surface area contributed by atoms with Crippen LogP contribution in [0.3, 0.4) is 0 Å². The summed E-state index contributed by atoms with van der Waals surface area (Å²) < 4.78 is 36.1. The van der Waals surface area contributed by atoms with Crippen LogP contribution in [0.15, 0.2) is 11.6 Å². The summed E-state index contributed by atoms with van der Waals surface area (Å²) in [6.45, 7) is 15.7. The number of carbonyl (C=O) groups excluding carboxylic acids is 1. The number of aliphatic hydroxyl groups excluding tert-OH is 11. The molecular weight excluding hydrogens is 865 g/mol. The Morgan fingerprint density at radius 3 is 1.89 bits per heavy atom. The number of ether oxygens (including phenoxy) is 6. The van der Waals surface area contributed by atoms with Crippen molar-refractivity contribution in [3.63, 3.8) is 0 Å². The highest BCUT2D eigenvalue weighted by Crippen LogP contribution is 2.76. The van der Waals surface area contributed by atoms with Crippen molar-refractivity contribution in [2.24, 2.45) is 50.2 Å². The third-order valence-corrected chi connectivity index (χ3v) is 19.2. The van der Waals surface area contributed by atoms with Gasteiger partial charge in [0.15, 0.2) is 12.6 Å². The Hall–Kier alpha value is -1.43. The van der Waals surface area contributed by atoms with E-state index in [-0.39, 0.29) is 34.0 Å². The first-order valence-electron chi connectivity index (χ1n) is 24.3. The molecule has 66 heavy (non-hydrogen) atoms. The maximum Gasteiger partial charge on any atom is 0.315 e. The number of hydrogen-bond donors (Lipinski definition) is 11. The lowest BCUT2D eigenvalue weighted by Crippen LogP contribution is -2.69. The molecule has 7 fully saturated rings. The number of allylic oxidation sites excluding steroid dienone is 2. The largest absolute Gasteiger partial charge is 0.432 e. The van der Waals surface area contributed by atoms with Gasteiger partial charge in [-0.1, -0.05) is 60.1 Å². The number of esters is 1. The lowest BCUT2D eigenvalue weighted by Gasteiger charge is -2.71. The number of hydrogen-bond acceptors (Lipinski definition) is 18. The molecule has 0 aromatic carbocycles. The first-order chi connectivity index (χ1) is 30.7. The van der Waals surface area contributed by atoms with Crippen molar-refractivity contribution in [2.45, 2.75) is 218 Å². The zero-order valence-electron chi connectivity index (χ0n) is 39.7. The van der Waals surface area contributed by atoms with Gasteiger partial charge < -0.3 is 84.6 Å². The molecule has 18 nitrogen and oxygen atoms in total. The molecule has 4 saturated carbocycles. The highest BCUT2D eigenvalue weighted by atomic mass is 16.8. The SMILES string of the molecule is CC1OC(OC2C(OC3C(O)CC4(C)C(CCC5(C)C4CC=C4C6CC(C)(C)CCC6(C(=O)OC6OC(CO)C(O)C(O)C6O)CCC45C)C3(C)C)OC(CO)C(O)C2O)C(O)C(O)C1O. The van der Waals surface area contributed by atoms with Crippen molar-refractivity contribution in [2.75, 3.05) is 13.2 Å². The molecule has 0 radical (unpaired) electrons. The van der Waals surface area contributed by atoms with Gasteiger partial charge >= 0.3 is 5.97 Å². The molecular formula is C48H78O18. The quantitative estimate of drug-likeness (QED) is 0.0877. The molecule has 24 atom stereocenters. The number of fused-ring (bicyclic) bond motifs is 7. The van der Waals surface area contributed by atoms with Gasteiger partial charge in [-0.2, -0.15) is 0 Å². The second kappa shape index (κ2) is 17.7. The summed E-state index contributed by atoms with van der Waals surface area (Å²) in [5.41, 5.74) is -1.54. The summed E-state index contributed by atoms with van der Waals surface area (Å²) in [5.74, 6) is -0.598. The molecule has 18 heteroatoms. The van der Waals surface area contributed by atoms with E-state index < -0.39 is 140 Å². The molecule has 3 saturated heterocycles. The van der Waals surface area contributed by atoms with Crippen LogP contribution in [0.2, 0.25) is 0 Å². The van der Waals surface area contributed by atoms with Crippen molar-refractivity contribution in [3.05, 3.63) is 11.6 Å². The monoisotopic (exact) mass is 943 g/mol. The molecule has 3 heterocycles. The topological polar surface area (TPSA) is 295 Å². The molecule has 5 aliphatic carbocycles. The first-order valence-corrected chi connectivity index (χ1v) is 24.3. The number of carbonyl (C=O) groups is 1. The van der Waals surface area contributed by atoms with Gasteiger partial charge in [0.25, 0.3) is 0 Å². The predicted octanol–water partition coefficient (Wildman–Crippen LogP) is 0.139. The summed E-state index contributed by atoms with van der Waals surface area (Å²) in [4.78, 5) is 14.7. The van der Waals surface area contributed by atoms with Gasteiger partial charge in [0.05, 0.1) is 36.9 Å². The molecule has 24 unspecified atom stereocenters. The minimum absolute atomic E-state index is 0.00734. The van der Waals surface area contributed by atoms with Crippen molar-refractivity contribution in [1.29, 1.82) is 0 Å². The Morgan fingerprint density at radius 2 is 1.24 bits per heavy atom. The highest BCUT2D eigenvalue weighted by Gasteiger charge is 2.71. The maximum absolute atomic E-state index is 14.7. The van der Waals surface area contributed by atoms with Crippen LogP contribution in [0.4, 0.5) is 0 Å². The van der Waals surface area contributed by atoms with Gasteiger partial charge in [-0.25, -0.2) is 0 Å². The Bertz CT molecular complexity index is 1810. The molecule has 0 aromatic heterocycles. The second-order valence-electron chi connectivity index (χ2n) is 23.6. The van der Waals surface area contributed by atoms with E-state index in [1.807, 2.05) is 0 Å². The van der Waals surface area contributed by atoms with Crippen molar-refractivity contribution in [1.82, 2.24) is 0 Å². The fourth-order valence-electron chi connectivity index (χ4n) is 15.1. The van der Waals surface area contributed by atoms with Crippen LogP contribution in [-0.4, -0.2) is 180 Å². The summed E-state index contributed by atoms with van der Waals surface area (Å²) in [6, 6.07) is 0. The van der Waals surface area contributed by atoms with Gasteiger partial charge in [-0.15, -0.1) is 0 Å². The van der Waals surface area contributed by atoms with E-state index in [4.69, 9.17) is 28.4 Å². The van der Waals surface area contributed by atoms with E-state index in [1.54, 1.807) is 0 Å². The van der Waals surface area contributed by atoms with Crippen molar-refractivity contribution >= 4 is 5.97 Å². The number of aliphatic hydroxyl groups is 11. The average molecular weight is 943 g/mol. The van der Waals surface area contributed by atoms with Crippen LogP contribution < -0.4 is 0 Å². The van der Waals surface area contributed by atoms with E-state index in [9.17, 15) is 61.0 Å². The Balaban J connectivity index is 1.06. The van der Waals surface area contributed by atoms with Crippen molar-refractivity contribution in [3.8, 4) is 0 Å². The minimum Gasteiger partial charge on any atom is -0.432 e. The van der Waals surface area contributed by atoms with Crippen LogP contribution in [0.1, 0.15) is 113 Å². The van der Waals surface area contributed by atoms with Gasteiger partial charge in [0.2, 0.25) is 6.29 Å². The molecule has 0 amide bonds. The Morgan fingerprint density at radius 1 is 0.652 bits per heavy atom. The van der Waals surface area contributed by atoms with Crippen LogP contribution in [0.25, 0.3) is 0 Å². The lowest BCUT2D eigenvalue weighted by atomic mass is 9.33. The van der Waals surface area contributed by atoms with E-state index in [1.165, 1.54) is 12.5 Å². The summed E-state index contributed by atoms with van der Waals surface area (Å²) in [6.07, 6.45) is -16.3. The van der Waals surface area contributed by atoms with E-state index in [0.717, 1.165) is 25.7 Å². The molecule has 378 valence electrons. The molecule has 0 bridgehead atoms. The fourth-order valence-corrected chi connectivity index (χ4v) is 15.1. The van der Waals surface area contributed by atoms with E-state index in [0.29, 0.717) is 32.1 Å². The van der Waals surface area contributed by atoms with Crippen LogP contribution in [-0.2, 0) is 33.2 Å². The minimum atomic E-state index is -1.73. The molecule has 0 aromatic rings. The van der Waals surface area contributed by atoms with E-state index in [2.05, 4.69) is 54.5 Å². The normalized spacial score (nSPS) is 54.4. The molecule has 8 aliphatic rings. The van der Waals surface area contributed by atoms with E-state index >= 15 is 0 Å². The van der Waals surface area contributed by atoms with Gasteiger partial charge in [0.1, 0.15) is 67.1 Å². The Kier molecular flexibility index (Phi) is 13.7. The summed E-state index contributed by atoms with van der Waals surface area (Å²) in [5, 5.41) is 118. The molecule has 11 N–H and O–H groups in total. The number of rotatable bonds is 8. The Labute approximate surface area is 387 Å². The zero-order chi connectivity index (χ0) is 48.4. The standard InChI is InChI=1S/C48H78O18/c1-21-29(52)32(55)35(58)39(61-21)64-37-34(57)31(54)26(20-50)63-41(37)65-38-24(51)18-45(6)27(44(38,4)5)11-12-47(8)28(45)10-9-22-23-17-43(2,3)13-15-48(23,16-14-46(22,47)7)42(60)66-40-36(59)33(56)30(53)25(19-49)62-40/h9,21,23-41,49-59H,10-20H2,1-8H3. The fraction of sp³-hybridized carbons (Fsp3) is 0.938. The first kappa shape index (κ1) is 50.9. The molecule has 8 rings (SSSR count). The smallest absolute Gasteiger partial charge is 0.315 e. The van der Waals surface area contributed by atoms with Gasteiger partial charge in [0, 0.05) is 0 Å². The lowest BCUT2D eigenvalue weighted by molar-refractivity contribution is -0.381. The zero-order valence-corrected chi connectivity index (χ0v) is 39.7. The van der Waals surface area contributed by atoms with Crippen LogP contribution in [0, 0.1) is 50.2 Å². The summed E-state index contributed by atoms with van der Waals surface area (Å²) in [7, 11) is 0. The third-order valence-electron chi connectivity index (χ3n) is 19.2.